The van der Waals surface area contributed by atoms with Crippen molar-refractivity contribution in [3.63, 3.8) is 0 Å². The molecule has 0 saturated heterocycles. The highest BCUT2D eigenvalue weighted by molar-refractivity contribution is 5.70. The van der Waals surface area contributed by atoms with E-state index in [9.17, 15) is 4.39 Å². The minimum atomic E-state index is -0.252. The van der Waals surface area contributed by atoms with Gasteiger partial charge < -0.3 is 14.6 Å². The van der Waals surface area contributed by atoms with E-state index in [2.05, 4.69) is 39.2 Å². The van der Waals surface area contributed by atoms with E-state index < -0.39 is 0 Å². The summed E-state index contributed by atoms with van der Waals surface area (Å²) in [5, 5.41) is 6.41. The number of ether oxygens (including phenoxy) is 1. The van der Waals surface area contributed by atoms with Gasteiger partial charge in [0.15, 0.2) is 0 Å². The van der Waals surface area contributed by atoms with Crippen LogP contribution >= 0.6 is 0 Å². The van der Waals surface area contributed by atoms with Gasteiger partial charge in [0.2, 0.25) is 0 Å². The highest BCUT2D eigenvalue weighted by Gasteiger charge is 2.21. The molecule has 2 aromatic rings. The molecule has 6 nitrogen and oxygen atoms in total. The predicted octanol–water partition coefficient (Wildman–Crippen LogP) is 4.78. The average Bonchev–Trinajstić information content (AvgIpc) is 2.94. The molecule has 0 amide bonds. The topological polar surface area (TPSA) is 64.3 Å². The lowest BCUT2D eigenvalue weighted by Crippen LogP contribution is -2.40. The fourth-order valence-corrected chi connectivity index (χ4v) is 5.43. The lowest BCUT2D eigenvalue weighted by molar-refractivity contribution is 0.0663. The molecular weight excluding hydrogens is 477 g/mol. The summed E-state index contributed by atoms with van der Waals surface area (Å²) in [7, 11) is 1.79. The van der Waals surface area contributed by atoms with Gasteiger partial charge in [0, 0.05) is 18.5 Å². The first-order chi connectivity index (χ1) is 18.6. The summed E-state index contributed by atoms with van der Waals surface area (Å²) in [5.41, 5.74) is 5.46. The number of hydrogen-bond acceptors (Lipinski definition) is 5. The first kappa shape index (κ1) is 24.5. The van der Waals surface area contributed by atoms with E-state index in [4.69, 9.17) is 14.7 Å². The second-order valence-corrected chi connectivity index (χ2v) is 10.1. The molecule has 1 fully saturated rings. The maximum Gasteiger partial charge on any atom is 0.123 e. The first-order valence-electron chi connectivity index (χ1n) is 13.4. The van der Waals surface area contributed by atoms with Crippen LogP contribution in [0.15, 0.2) is 59.7 Å². The molecule has 6 rings (SSSR count). The highest BCUT2D eigenvalue weighted by Crippen LogP contribution is 2.26. The Morgan fingerprint density at radius 1 is 1.00 bits per heavy atom. The standard InChI is InChI=1S/C31H32FN5O/c1-20-7-10-23(19-33-20)35-27-17-29-31(18-28(27)34-22-11-15-25(38-2)16-12-22)37(24-13-8-21(32)9-14-24)30-6-4-3-5-26(30)36-29/h5-10,13-14,17-19,22,25,35H,3-4,11-12,15-16H2,1-2H3. The zero-order chi connectivity index (χ0) is 26.1. The summed E-state index contributed by atoms with van der Waals surface area (Å²) in [4.78, 5) is 14.8. The number of nitrogens with one attached hydrogen (secondary N) is 1. The van der Waals surface area contributed by atoms with E-state index in [0.717, 1.165) is 88.7 Å². The Kier molecular flexibility index (Phi) is 6.77. The molecule has 0 radical (unpaired) electrons. The van der Waals surface area contributed by atoms with E-state index in [-0.39, 0.29) is 11.9 Å². The van der Waals surface area contributed by atoms with Crippen LogP contribution in [0.25, 0.3) is 29.2 Å². The third-order valence-electron chi connectivity index (χ3n) is 7.49. The molecule has 1 aromatic heterocycles. The van der Waals surface area contributed by atoms with Crippen molar-refractivity contribution in [1.82, 2.24) is 14.5 Å². The summed E-state index contributed by atoms with van der Waals surface area (Å²) < 4.78 is 21.6. The molecule has 4 aliphatic rings. The maximum atomic E-state index is 13.8. The fraction of sp³-hybridized carbons (Fsp3) is 0.323. The lowest BCUT2D eigenvalue weighted by atomic mass is 9.93. The van der Waals surface area contributed by atoms with Gasteiger partial charge in [-0.05, 0) is 94.0 Å². The number of fused-ring (bicyclic) bond motifs is 2. The van der Waals surface area contributed by atoms with Crippen LogP contribution in [0.5, 0.6) is 0 Å². The smallest absolute Gasteiger partial charge is 0.123 e. The average molecular weight is 510 g/mol. The zero-order valence-electron chi connectivity index (χ0n) is 21.8. The van der Waals surface area contributed by atoms with Crippen molar-refractivity contribution in [2.75, 3.05) is 12.4 Å². The van der Waals surface area contributed by atoms with E-state index in [1.807, 2.05) is 37.4 Å². The predicted molar refractivity (Wildman–Crippen MR) is 148 cm³/mol. The van der Waals surface area contributed by atoms with Crippen molar-refractivity contribution in [3.8, 4) is 17.1 Å². The van der Waals surface area contributed by atoms with Crippen LogP contribution in [-0.2, 0) is 4.74 Å². The number of benzene rings is 2. The summed E-state index contributed by atoms with van der Waals surface area (Å²) in [5.74, 6) is -0.252. The summed E-state index contributed by atoms with van der Waals surface area (Å²) in [6.45, 7) is 1.98. The minimum absolute atomic E-state index is 0.222. The number of rotatable bonds is 5. The van der Waals surface area contributed by atoms with E-state index in [1.165, 1.54) is 12.1 Å². The molecular formula is C31H32FN5O. The van der Waals surface area contributed by atoms with Crippen LogP contribution in [0.4, 0.5) is 15.8 Å². The Morgan fingerprint density at radius 2 is 1.79 bits per heavy atom. The zero-order valence-corrected chi connectivity index (χ0v) is 21.8. The van der Waals surface area contributed by atoms with Crippen molar-refractivity contribution in [3.05, 3.63) is 82.3 Å². The lowest BCUT2D eigenvalue weighted by Gasteiger charge is -2.25. The summed E-state index contributed by atoms with van der Waals surface area (Å²) in [6.07, 6.45) is 12.5. The molecule has 0 bridgehead atoms. The number of pyridine rings is 1. The van der Waals surface area contributed by atoms with Gasteiger partial charge >= 0.3 is 0 Å². The van der Waals surface area contributed by atoms with E-state index in [0.29, 0.717) is 6.10 Å². The largest absolute Gasteiger partial charge is 0.381 e. The molecule has 1 saturated carbocycles. The van der Waals surface area contributed by atoms with Gasteiger partial charge in [-0.1, -0.05) is 12.2 Å². The quantitative estimate of drug-likeness (QED) is 0.421. The SMILES string of the molecule is COC1CCC(N=c2cc3n(-c4ccc(F)cc4)c4c(nc-3cc2Nc2ccc(C)nc2)=CCCC=4)CC1. The number of hydrogen-bond donors (Lipinski definition) is 1. The Bertz CT molecular complexity index is 1600. The molecule has 1 aromatic carbocycles. The Hall–Kier alpha value is -3.84. The second kappa shape index (κ2) is 10.5. The van der Waals surface area contributed by atoms with Crippen LogP contribution in [0.2, 0.25) is 0 Å². The van der Waals surface area contributed by atoms with Crippen LogP contribution in [0.1, 0.15) is 44.2 Å². The second-order valence-electron chi connectivity index (χ2n) is 10.1. The maximum absolute atomic E-state index is 13.8. The Labute approximate surface area is 221 Å². The van der Waals surface area contributed by atoms with Gasteiger partial charge in [-0.2, -0.15) is 0 Å². The number of aromatic nitrogens is 3. The van der Waals surface area contributed by atoms with Gasteiger partial charge in [-0.3, -0.25) is 9.98 Å². The van der Waals surface area contributed by atoms with Crippen LogP contribution in [0.3, 0.4) is 0 Å². The molecule has 7 heteroatoms. The van der Waals surface area contributed by atoms with Gasteiger partial charge in [-0.25, -0.2) is 9.37 Å². The van der Waals surface area contributed by atoms with E-state index in [1.54, 1.807) is 7.11 Å². The summed E-state index contributed by atoms with van der Waals surface area (Å²) in [6, 6.07) is 15.1. The normalized spacial score (nSPS) is 19.5. The van der Waals surface area contributed by atoms with Crippen molar-refractivity contribution < 1.29 is 9.13 Å². The third-order valence-corrected chi connectivity index (χ3v) is 7.49. The molecule has 0 unspecified atom stereocenters. The van der Waals surface area contributed by atoms with Gasteiger partial charge in [-0.15, -0.1) is 0 Å². The fourth-order valence-electron chi connectivity index (χ4n) is 5.43. The van der Waals surface area contributed by atoms with Gasteiger partial charge in [0.05, 0.1) is 57.2 Å². The van der Waals surface area contributed by atoms with E-state index >= 15 is 0 Å². The molecule has 194 valence electrons. The van der Waals surface area contributed by atoms with Crippen LogP contribution in [0, 0.1) is 12.7 Å². The van der Waals surface area contributed by atoms with Crippen molar-refractivity contribution in [2.24, 2.45) is 4.99 Å². The molecule has 0 atom stereocenters. The molecule has 2 heterocycles. The Morgan fingerprint density at radius 3 is 2.53 bits per heavy atom. The van der Waals surface area contributed by atoms with Gasteiger partial charge in [0.1, 0.15) is 5.82 Å². The van der Waals surface area contributed by atoms with Crippen LogP contribution < -0.4 is 21.4 Å². The van der Waals surface area contributed by atoms with Crippen molar-refractivity contribution in [2.45, 2.75) is 57.6 Å². The minimum Gasteiger partial charge on any atom is -0.381 e. The number of halogens is 1. The molecule has 3 aliphatic carbocycles. The van der Waals surface area contributed by atoms with Crippen LogP contribution in [-0.4, -0.2) is 33.8 Å². The third kappa shape index (κ3) is 4.98. The molecule has 0 spiro atoms. The molecule has 38 heavy (non-hydrogen) atoms. The summed E-state index contributed by atoms with van der Waals surface area (Å²) >= 11 is 0. The number of nitrogens with zero attached hydrogens (tertiary/aromatic N) is 4. The van der Waals surface area contributed by atoms with Gasteiger partial charge in [0.25, 0.3) is 0 Å². The monoisotopic (exact) mass is 509 g/mol. The highest BCUT2D eigenvalue weighted by atomic mass is 19.1. The molecule has 1 N–H and O–H groups in total. The van der Waals surface area contributed by atoms with Crippen molar-refractivity contribution >= 4 is 23.5 Å². The number of methoxy groups -OCH3 is 1. The number of anilines is 2. The molecule has 1 aliphatic heterocycles. The first-order valence-corrected chi connectivity index (χ1v) is 13.4. The number of aryl methyl sites for hydroxylation is 1. The Balaban J connectivity index is 1.57. The van der Waals surface area contributed by atoms with Crippen molar-refractivity contribution in [1.29, 1.82) is 0 Å².